The van der Waals surface area contributed by atoms with Gasteiger partial charge in [0.25, 0.3) is 0 Å². The standard InChI is InChI=1S/C15H14N6S/c1-8-4-5-11(6-9(8)2)14-20-21-13(18-19-15(21)22-14)12-7-10(3)16-17-12/h4-7H,1-3H3,(H,16,17). The van der Waals surface area contributed by atoms with E-state index in [1.54, 1.807) is 4.52 Å². The number of nitrogens with zero attached hydrogens (tertiary/aromatic N) is 5. The Morgan fingerprint density at radius 1 is 1.05 bits per heavy atom. The molecule has 1 aromatic carbocycles. The summed E-state index contributed by atoms with van der Waals surface area (Å²) in [6.45, 7) is 6.17. The molecule has 3 heterocycles. The molecule has 0 aliphatic rings. The van der Waals surface area contributed by atoms with Crippen LogP contribution in [-0.2, 0) is 0 Å². The van der Waals surface area contributed by atoms with Gasteiger partial charge >= 0.3 is 0 Å². The van der Waals surface area contributed by atoms with Crippen LogP contribution in [0.1, 0.15) is 16.8 Å². The van der Waals surface area contributed by atoms with Gasteiger partial charge in [-0.3, -0.25) is 5.10 Å². The van der Waals surface area contributed by atoms with E-state index in [-0.39, 0.29) is 0 Å². The summed E-state index contributed by atoms with van der Waals surface area (Å²) in [7, 11) is 0. The fourth-order valence-corrected chi connectivity index (χ4v) is 3.14. The van der Waals surface area contributed by atoms with Crippen molar-refractivity contribution in [2.45, 2.75) is 20.8 Å². The molecule has 0 amide bonds. The van der Waals surface area contributed by atoms with Gasteiger partial charge in [0.05, 0.1) is 0 Å². The zero-order valence-electron chi connectivity index (χ0n) is 12.5. The average Bonchev–Trinajstić information content (AvgIpc) is 3.16. The second-order valence-electron chi connectivity index (χ2n) is 5.36. The third-order valence-electron chi connectivity index (χ3n) is 3.68. The van der Waals surface area contributed by atoms with Crippen LogP contribution in [-0.4, -0.2) is 30.0 Å². The number of H-pyrrole nitrogens is 1. The van der Waals surface area contributed by atoms with Crippen LogP contribution in [0.3, 0.4) is 0 Å². The van der Waals surface area contributed by atoms with Gasteiger partial charge in [0.1, 0.15) is 10.7 Å². The van der Waals surface area contributed by atoms with Gasteiger partial charge in [-0.2, -0.15) is 14.7 Å². The highest BCUT2D eigenvalue weighted by molar-refractivity contribution is 7.19. The highest BCUT2D eigenvalue weighted by Gasteiger charge is 2.16. The smallest absolute Gasteiger partial charge is 0.235 e. The molecular weight excluding hydrogens is 296 g/mol. The molecule has 110 valence electrons. The monoisotopic (exact) mass is 310 g/mol. The quantitative estimate of drug-likeness (QED) is 0.617. The van der Waals surface area contributed by atoms with E-state index in [1.807, 2.05) is 13.0 Å². The van der Waals surface area contributed by atoms with Crippen molar-refractivity contribution in [1.82, 2.24) is 30.0 Å². The molecule has 0 fully saturated rings. The molecule has 0 saturated heterocycles. The minimum atomic E-state index is 0.658. The van der Waals surface area contributed by atoms with Crippen LogP contribution in [0.2, 0.25) is 0 Å². The fraction of sp³-hybridized carbons (Fsp3) is 0.200. The predicted octanol–water partition coefficient (Wildman–Crippen LogP) is 3.17. The summed E-state index contributed by atoms with van der Waals surface area (Å²) in [5.74, 6) is 0.658. The Balaban J connectivity index is 1.84. The maximum absolute atomic E-state index is 4.66. The number of aromatic nitrogens is 6. The predicted molar refractivity (Wildman–Crippen MR) is 85.9 cm³/mol. The summed E-state index contributed by atoms with van der Waals surface area (Å²) in [4.78, 5) is 0.767. The molecule has 3 aromatic heterocycles. The highest BCUT2D eigenvalue weighted by atomic mass is 32.1. The SMILES string of the molecule is Cc1cc(-c2nnc3sc(-c4ccc(C)c(C)c4)nn23)n[nH]1. The molecule has 0 bridgehead atoms. The van der Waals surface area contributed by atoms with Crippen molar-refractivity contribution < 1.29 is 0 Å². The number of hydrogen-bond acceptors (Lipinski definition) is 5. The molecular formula is C15H14N6S. The van der Waals surface area contributed by atoms with Gasteiger partial charge in [-0.25, -0.2) is 0 Å². The van der Waals surface area contributed by atoms with E-state index in [4.69, 9.17) is 0 Å². The number of benzene rings is 1. The molecule has 4 rings (SSSR count). The molecule has 0 radical (unpaired) electrons. The molecule has 4 aromatic rings. The summed E-state index contributed by atoms with van der Waals surface area (Å²) in [6.07, 6.45) is 0. The van der Waals surface area contributed by atoms with E-state index < -0.39 is 0 Å². The van der Waals surface area contributed by atoms with Gasteiger partial charge in [-0.05, 0) is 44.0 Å². The highest BCUT2D eigenvalue weighted by Crippen LogP contribution is 2.28. The van der Waals surface area contributed by atoms with Crippen molar-refractivity contribution in [3.8, 4) is 22.1 Å². The summed E-state index contributed by atoms with van der Waals surface area (Å²) in [5, 5.41) is 21.1. The van der Waals surface area contributed by atoms with Gasteiger partial charge in [0.2, 0.25) is 10.8 Å². The Morgan fingerprint density at radius 3 is 2.64 bits per heavy atom. The first-order valence-corrected chi connectivity index (χ1v) is 7.76. The molecule has 0 aliphatic carbocycles. The average molecular weight is 310 g/mol. The van der Waals surface area contributed by atoms with Crippen LogP contribution >= 0.6 is 11.3 Å². The molecule has 0 unspecified atom stereocenters. The molecule has 0 spiro atoms. The minimum Gasteiger partial charge on any atom is -0.282 e. The Kier molecular flexibility index (Phi) is 2.83. The first kappa shape index (κ1) is 13.1. The second-order valence-corrected chi connectivity index (χ2v) is 6.32. The van der Waals surface area contributed by atoms with Crippen LogP contribution in [0.15, 0.2) is 24.3 Å². The zero-order chi connectivity index (χ0) is 15.3. The largest absolute Gasteiger partial charge is 0.282 e. The van der Waals surface area contributed by atoms with Crippen molar-refractivity contribution in [2.24, 2.45) is 0 Å². The third kappa shape index (κ3) is 2.01. The van der Waals surface area contributed by atoms with Gasteiger partial charge in [-0.15, -0.1) is 10.2 Å². The summed E-state index contributed by atoms with van der Waals surface area (Å²) < 4.78 is 1.75. The van der Waals surface area contributed by atoms with Crippen LogP contribution < -0.4 is 0 Å². The van der Waals surface area contributed by atoms with Crippen molar-refractivity contribution >= 4 is 16.3 Å². The Hall–Kier alpha value is -2.54. The van der Waals surface area contributed by atoms with Gasteiger partial charge in [0, 0.05) is 11.3 Å². The number of hydrogen-bond donors (Lipinski definition) is 1. The Labute approximate surface area is 130 Å². The van der Waals surface area contributed by atoms with Crippen molar-refractivity contribution in [2.75, 3.05) is 0 Å². The molecule has 22 heavy (non-hydrogen) atoms. The maximum atomic E-state index is 4.66. The Morgan fingerprint density at radius 2 is 1.91 bits per heavy atom. The van der Waals surface area contributed by atoms with E-state index in [1.165, 1.54) is 22.5 Å². The number of nitrogens with one attached hydrogen (secondary N) is 1. The van der Waals surface area contributed by atoms with Crippen LogP contribution in [0, 0.1) is 20.8 Å². The lowest BCUT2D eigenvalue weighted by Crippen LogP contribution is -1.91. The van der Waals surface area contributed by atoms with Gasteiger partial charge in [0.15, 0.2) is 0 Å². The minimum absolute atomic E-state index is 0.658. The molecule has 0 saturated carbocycles. The van der Waals surface area contributed by atoms with Crippen LogP contribution in [0.4, 0.5) is 0 Å². The van der Waals surface area contributed by atoms with E-state index in [0.717, 1.165) is 26.9 Å². The fourth-order valence-electron chi connectivity index (χ4n) is 2.30. The van der Waals surface area contributed by atoms with Gasteiger partial charge < -0.3 is 0 Å². The summed E-state index contributed by atoms with van der Waals surface area (Å²) >= 11 is 1.53. The van der Waals surface area contributed by atoms with E-state index in [9.17, 15) is 0 Å². The number of aromatic amines is 1. The van der Waals surface area contributed by atoms with E-state index in [0.29, 0.717) is 5.82 Å². The number of aryl methyl sites for hydroxylation is 3. The molecule has 0 aliphatic heterocycles. The lowest BCUT2D eigenvalue weighted by molar-refractivity contribution is 0.952. The van der Waals surface area contributed by atoms with Crippen molar-refractivity contribution in [3.05, 3.63) is 41.1 Å². The van der Waals surface area contributed by atoms with Crippen molar-refractivity contribution in [3.63, 3.8) is 0 Å². The first-order valence-electron chi connectivity index (χ1n) is 6.94. The lowest BCUT2D eigenvalue weighted by atomic mass is 10.1. The Bertz CT molecular complexity index is 977. The number of fused-ring (bicyclic) bond motifs is 1. The van der Waals surface area contributed by atoms with Gasteiger partial charge in [-0.1, -0.05) is 23.5 Å². The first-order chi connectivity index (χ1) is 10.6. The summed E-state index contributed by atoms with van der Waals surface area (Å²) in [6, 6.07) is 8.29. The van der Waals surface area contributed by atoms with E-state index in [2.05, 4.69) is 57.5 Å². The molecule has 0 atom stereocenters. The van der Waals surface area contributed by atoms with Crippen LogP contribution in [0.5, 0.6) is 0 Å². The second kappa shape index (κ2) is 4.74. The maximum Gasteiger partial charge on any atom is 0.235 e. The normalized spacial score (nSPS) is 11.4. The topological polar surface area (TPSA) is 71.8 Å². The molecule has 1 N–H and O–H groups in total. The third-order valence-corrected chi connectivity index (χ3v) is 4.63. The lowest BCUT2D eigenvalue weighted by Gasteiger charge is -2.01. The van der Waals surface area contributed by atoms with Crippen LogP contribution in [0.25, 0.3) is 27.1 Å². The molecule has 7 heteroatoms. The zero-order valence-corrected chi connectivity index (χ0v) is 13.3. The number of rotatable bonds is 2. The molecule has 6 nitrogen and oxygen atoms in total. The summed E-state index contributed by atoms with van der Waals surface area (Å²) in [5.41, 5.74) is 5.37. The van der Waals surface area contributed by atoms with E-state index >= 15 is 0 Å². The van der Waals surface area contributed by atoms with Crippen molar-refractivity contribution in [1.29, 1.82) is 0 Å².